The number of allylic oxidation sites excluding steroid dienone is 2. The molecule has 0 fully saturated rings. The fourth-order valence-corrected chi connectivity index (χ4v) is 7.64. The van der Waals surface area contributed by atoms with E-state index in [0.717, 1.165) is 56.2 Å². The van der Waals surface area contributed by atoms with E-state index < -0.39 is 0 Å². The van der Waals surface area contributed by atoms with E-state index in [9.17, 15) is 15.8 Å². The van der Waals surface area contributed by atoms with Gasteiger partial charge in [-0.25, -0.2) is 0 Å². The zero-order valence-electron chi connectivity index (χ0n) is 28.5. The first kappa shape index (κ1) is 31.9. The standard InChI is InChI=1S/C47H31N5/c1-3-5-12-36-37-13-6-9-16-42(37)51(41(36)4-2)35-24-22-32(23-25-35)46-33(29-49)20-21-34(30-50)47(46)39-15-8-11-18-44(39)52-43-17-10-7-14-38(43)40-27-31(28-48)19-26-45(40)52/h3,5-27H,1,4H2,2H3/b12-5-. The van der Waals surface area contributed by atoms with Gasteiger partial charge < -0.3 is 9.13 Å². The molecule has 0 aliphatic carbocycles. The number of para-hydroxylation sites is 3. The molecule has 8 aromatic rings. The number of nitriles is 3. The molecule has 0 radical (unpaired) electrons. The molecule has 0 unspecified atom stereocenters. The van der Waals surface area contributed by atoms with Gasteiger partial charge in [0.2, 0.25) is 0 Å². The second-order valence-electron chi connectivity index (χ2n) is 12.6. The van der Waals surface area contributed by atoms with E-state index >= 15 is 0 Å². The summed E-state index contributed by atoms with van der Waals surface area (Å²) in [6.45, 7) is 6.04. The van der Waals surface area contributed by atoms with Crippen molar-refractivity contribution < 1.29 is 0 Å². The maximum Gasteiger partial charge on any atom is 0.0998 e. The van der Waals surface area contributed by atoms with Crippen LogP contribution in [0.15, 0.2) is 146 Å². The largest absolute Gasteiger partial charge is 0.313 e. The highest BCUT2D eigenvalue weighted by Crippen LogP contribution is 2.43. The Morgan fingerprint density at radius 3 is 1.94 bits per heavy atom. The molecule has 244 valence electrons. The first-order chi connectivity index (χ1) is 25.6. The average Bonchev–Trinajstić information content (AvgIpc) is 3.71. The van der Waals surface area contributed by atoms with E-state index in [2.05, 4.69) is 108 Å². The van der Waals surface area contributed by atoms with E-state index in [1.807, 2.05) is 60.7 Å². The van der Waals surface area contributed by atoms with Gasteiger partial charge in [-0.05, 0) is 72.6 Å². The summed E-state index contributed by atoms with van der Waals surface area (Å²) < 4.78 is 4.49. The van der Waals surface area contributed by atoms with Gasteiger partial charge in [0, 0.05) is 49.8 Å². The summed E-state index contributed by atoms with van der Waals surface area (Å²) in [7, 11) is 0. The predicted molar refractivity (Wildman–Crippen MR) is 211 cm³/mol. The van der Waals surface area contributed by atoms with Crippen LogP contribution in [0.1, 0.15) is 34.9 Å². The van der Waals surface area contributed by atoms with E-state index in [1.54, 1.807) is 18.2 Å². The number of fused-ring (bicyclic) bond motifs is 4. The fourth-order valence-electron chi connectivity index (χ4n) is 7.64. The highest BCUT2D eigenvalue weighted by molar-refractivity contribution is 6.10. The molecule has 0 aliphatic heterocycles. The van der Waals surface area contributed by atoms with Gasteiger partial charge in [-0.2, -0.15) is 15.8 Å². The molecule has 2 aromatic heterocycles. The second-order valence-corrected chi connectivity index (χ2v) is 12.6. The molecule has 0 atom stereocenters. The monoisotopic (exact) mass is 665 g/mol. The third kappa shape index (κ3) is 4.99. The van der Waals surface area contributed by atoms with Gasteiger partial charge in [0.25, 0.3) is 0 Å². The van der Waals surface area contributed by atoms with Gasteiger partial charge in [0.15, 0.2) is 0 Å². The highest BCUT2D eigenvalue weighted by Gasteiger charge is 2.23. The van der Waals surface area contributed by atoms with Crippen LogP contribution >= 0.6 is 0 Å². The van der Waals surface area contributed by atoms with Crippen molar-refractivity contribution >= 4 is 38.8 Å². The SMILES string of the molecule is C=C/C=C\c1c(CC)n(-c2ccc(-c3c(C#N)ccc(C#N)c3-c3ccccc3-n3c4ccccc4c4cc(C#N)ccc43)cc2)c2ccccc12. The zero-order chi connectivity index (χ0) is 35.8. The molecule has 0 bridgehead atoms. The van der Waals surface area contributed by atoms with Crippen LogP contribution in [0.3, 0.4) is 0 Å². The third-order valence-electron chi connectivity index (χ3n) is 9.83. The van der Waals surface area contributed by atoms with Gasteiger partial charge >= 0.3 is 0 Å². The summed E-state index contributed by atoms with van der Waals surface area (Å²) in [6, 6.07) is 49.2. The Kier molecular flexibility index (Phi) is 8.05. The Hall–Kier alpha value is -7.39. The number of hydrogen-bond donors (Lipinski definition) is 0. The molecule has 6 aromatic carbocycles. The number of rotatable bonds is 7. The first-order valence-electron chi connectivity index (χ1n) is 17.1. The van der Waals surface area contributed by atoms with Crippen LogP contribution in [0.25, 0.3) is 72.4 Å². The molecular weight excluding hydrogens is 635 g/mol. The first-order valence-corrected chi connectivity index (χ1v) is 17.1. The lowest BCUT2D eigenvalue weighted by atomic mass is 9.86. The Morgan fingerprint density at radius 2 is 1.25 bits per heavy atom. The maximum atomic E-state index is 10.6. The highest BCUT2D eigenvalue weighted by atomic mass is 15.0. The molecule has 0 spiro atoms. The summed E-state index contributed by atoms with van der Waals surface area (Å²) in [5.41, 5.74) is 11.9. The summed E-state index contributed by atoms with van der Waals surface area (Å²) in [5.74, 6) is 0. The van der Waals surface area contributed by atoms with E-state index in [0.29, 0.717) is 27.8 Å². The molecule has 0 saturated heterocycles. The zero-order valence-corrected chi connectivity index (χ0v) is 28.5. The minimum atomic E-state index is 0.474. The van der Waals surface area contributed by atoms with Crippen molar-refractivity contribution in [2.45, 2.75) is 13.3 Å². The number of aromatic nitrogens is 2. The Morgan fingerprint density at radius 1 is 0.615 bits per heavy atom. The Bertz CT molecular complexity index is 2880. The van der Waals surface area contributed by atoms with Crippen molar-refractivity contribution in [3.63, 3.8) is 0 Å². The van der Waals surface area contributed by atoms with Gasteiger partial charge in [-0.15, -0.1) is 0 Å². The number of nitrogens with zero attached hydrogens (tertiary/aromatic N) is 5. The molecule has 5 heteroatoms. The molecule has 0 N–H and O–H groups in total. The summed E-state index contributed by atoms with van der Waals surface area (Å²) >= 11 is 0. The van der Waals surface area contributed by atoms with Crippen LogP contribution in [0.5, 0.6) is 0 Å². The lowest BCUT2D eigenvalue weighted by molar-refractivity contribution is 0.957. The number of benzene rings is 6. The predicted octanol–water partition coefficient (Wildman–Crippen LogP) is 11.4. The van der Waals surface area contributed by atoms with Gasteiger partial charge in [0.05, 0.1) is 57.1 Å². The molecule has 2 heterocycles. The molecule has 8 rings (SSSR count). The molecule has 0 amide bonds. The maximum absolute atomic E-state index is 10.6. The Balaban J connectivity index is 1.36. The van der Waals surface area contributed by atoms with Crippen molar-refractivity contribution in [1.82, 2.24) is 9.13 Å². The van der Waals surface area contributed by atoms with Crippen molar-refractivity contribution in [2.24, 2.45) is 0 Å². The summed E-state index contributed by atoms with van der Waals surface area (Å²) in [5, 5.41) is 33.9. The van der Waals surface area contributed by atoms with Gasteiger partial charge in [0.1, 0.15) is 0 Å². The lowest BCUT2D eigenvalue weighted by Crippen LogP contribution is -2.02. The smallest absolute Gasteiger partial charge is 0.0998 e. The van der Waals surface area contributed by atoms with Gasteiger partial charge in [-0.3, -0.25) is 0 Å². The fraction of sp³-hybridized carbons (Fsp3) is 0.0426. The summed E-state index contributed by atoms with van der Waals surface area (Å²) in [4.78, 5) is 0. The third-order valence-corrected chi connectivity index (χ3v) is 9.83. The van der Waals surface area contributed by atoms with Crippen molar-refractivity contribution in [3.8, 4) is 51.8 Å². The normalized spacial score (nSPS) is 11.2. The molecule has 5 nitrogen and oxygen atoms in total. The molecule has 0 saturated carbocycles. The van der Waals surface area contributed by atoms with E-state index in [4.69, 9.17) is 0 Å². The van der Waals surface area contributed by atoms with Crippen LogP contribution in [0, 0.1) is 34.0 Å². The van der Waals surface area contributed by atoms with E-state index in [1.165, 1.54) is 16.6 Å². The minimum Gasteiger partial charge on any atom is -0.313 e. The van der Waals surface area contributed by atoms with Crippen molar-refractivity contribution in [3.05, 3.63) is 174 Å². The molecule has 52 heavy (non-hydrogen) atoms. The topological polar surface area (TPSA) is 81.2 Å². The van der Waals surface area contributed by atoms with Crippen LogP contribution in [0.4, 0.5) is 0 Å². The van der Waals surface area contributed by atoms with Crippen molar-refractivity contribution in [2.75, 3.05) is 0 Å². The lowest BCUT2D eigenvalue weighted by Gasteiger charge is -2.19. The molecular formula is C47H31N5. The quantitative estimate of drug-likeness (QED) is 0.159. The van der Waals surface area contributed by atoms with Crippen molar-refractivity contribution in [1.29, 1.82) is 15.8 Å². The van der Waals surface area contributed by atoms with Crippen LogP contribution in [0.2, 0.25) is 0 Å². The van der Waals surface area contributed by atoms with Crippen LogP contribution < -0.4 is 0 Å². The second kappa shape index (κ2) is 13.1. The summed E-state index contributed by atoms with van der Waals surface area (Å²) in [6.07, 6.45) is 6.72. The molecule has 0 aliphatic rings. The number of hydrogen-bond acceptors (Lipinski definition) is 3. The van der Waals surface area contributed by atoms with E-state index in [-0.39, 0.29) is 0 Å². The average molecular weight is 666 g/mol. The van der Waals surface area contributed by atoms with Crippen LogP contribution in [-0.4, -0.2) is 9.13 Å². The van der Waals surface area contributed by atoms with Gasteiger partial charge in [-0.1, -0.05) is 98.5 Å². The minimum absolute atomic E-state index is 0.474. The van der Waals surface area contributed by atoms with Crippen LogP contribution in [-0.2, 0) is 6.42 Å². The Labute approximate surface area is 302 Å².